The van der Waals surface area contributed by atoms with Gasteiger partial charge in [-0.1, -0.05) is 12.1 Å². The lowest BCUT2D eigenvalue weighted by atomic mass is 10.2. The SMILES string of the molecule is CCOC(=O)C(C)NC(=O)c1cnc2ccccc2n1. The van der Waals surface area contributed by atoms with Gasteiger partial charge in [0.2, 0.25) is 0 Å². The molecule has 1 aromatic heterocycles. The minimum atomic E-state index is -0.726. The van der Waals surface area contributed by atoms with E-state index in [-0.39, 0.29) is 12.3 Å². The molecule has 1 amide bonds. The number of fused-ring (bicyclic) bond motifs is 1. The molecule has 0 fully saturated rings. The molecule has 0 saturated carbocycles. The number of benzene rings is 1. The summed E-state index contributed by atoms with van der Waals surface area (Å²) in [5.74, 6) is -0.932. The molecule has 2 aromatic rings. The Hall–Kier alpha value is -2.50. The van der Waals surface area contributed by atoms with Crippen molar-refractivity contribution in [2.45, 2.75) is 19.9 Å². The van der Waals surface area contributed by atoms with Crippen LogP contribution >= 0.6 is 0 Å². The number of para-hydroxylation sites is 2. The molecule has 1 aromatic carbocycles. The monoisotopic (exact) mass is 273 g/mol. The second-order valence-electron chi connectivity index (χ2n) is 4.19. The number of hydrogen-bond donors (Lipinski definition) is 1. The van der Waals surface area contributed by atoms with Crippen LogP contribution in [-0.4, -0.2) is 34.5 Å². The second-order valence-corrected chi connectivity index (χ2v) is 4.19. The standard InChI is InChI=1S/C14H15N3O3/c1-3-20-14(19)9(2)16-13(18)12-8-15-10-6-4-5-7-11(10)17-12/h4-9H,3H2,1-2H3,(H,16,18). The molecule has 1 N–H and O–H groups in total. The van der Waals surface area contributed by atoms with E-state index in [4.69, 9.17) is 4.74 Å². The van der Waals surface area contributed by atoms with Gasteiger partial charge in [-0.15, -0.1) is 0 Å². The summed E-state index contributed by atoms with van der Waals surface area (Å²) in [6, 6.07) is 6.52. The Labute approximate surface area is 116 Å². The van der Waals surface area contributed by atoms with Crippen LogP contribution in [0, 0.1) is 0 Å². The summed E-state index contributed by atoms with van der Waals surface area (Å²) >= 11 is 0. The summed E-state index contributed by atoms with van der Waals surface area (Å²) in [5, 5.41) is 2.53. The molecular weight excluding hydrogens is 258 g/mol. The van der Waals surface area contributed by atoms with Crippen molar-refractivity contribution in [1.29, 1.82) is 0 Å². The zero-order valence-corrected chi connectivity index (χ0v) is 11.3. The summed E-state index contributed by atoms with van der Waals surface area (Å²) in [6.45, 7) is 3.54. The van der Waals surface area contributed by atoms with Crippen molar-refractivity contribution in [2.24, 2.45) is 0 Å². The fourth-order valence-electron chi connectivity index (χ4n) is 1.66. The lowest BCUT2D eigenvalue weighted by Gasteiger charge is -2.12. The molecule has 0 spiro atoms. The molecule has 0 saturated heterocycles. The third-order valence-electron chi connectivity index (χ3n) is 2.67. The smallest absolute Gasteiger partial charge is 0.328 e. The zero-order chi connectivity index (χ0) is 14.5. The van der Waals surface area contributed by atoms with Crippen LogP contribution < -0.4 is 5.32 Å². The first-order chi connectivity index (χ1) is 9.61. The Kier molecular flexibility index (Phi) is 4.24. The maximum Gasteiger partial charge on any atom is 0.328 e. The van der Waals surface area contributed by atoms with Crippen LogP contribution in [-0.2, 0) is 9.53 Å². The van der Waals surface area contributed by atoms with E-state index in [2.05, 4.69) is 15.3 Å². The van der Waals surface area contributed by atoms with Crippen LogP contribution in [0.15, 0.2) is 30.5 Å². The molecule has 1 unspecified atom stereocenters. The van der Waals surface area contributed by atoms with Crippen LogP contribution in [0.25, 0.3) is 11.0 Å². The van der Waals surface area contributed by atoms with E-state index >= 15 is 0 Å². The van der Waals surface area contributed by atoms with Crippen molar-refractivity contribution in [3.05, 3.63) is 36.2 Å². The van der Waals surface area contributed by atoms with Crippen molar-refractivity contribution in [3.63, 3.8) is 0 Å². The van der Waals surface area contributed by atoms with E-state index in [0.717, 1.165) is 0 Å². The number of nitrogens with one attached hydrogen (secondary N) is 1. The molecule has 104 valence electrons. The van der Waals surface area contributed by atoms with E-state index in [1.54, 1.807) is 19.9 Å². The molecule has 0 bridgehead atoms. The van der Waals surface area contributed by atoms with Gasteiger partial charge in [0.25, 0.3) is 5.91 Å². The van der Waals surface area contributed by atoms with Gasteiger partial charge in [-0.2, -0.15) is 0 Å². The Morgan fingerprint density at radius 2 is 2.00 bits per heavy atom. The highest BCUT2D eigenvalue weighted by atomic mass is 16.5. The molecule has 6 nitrogen and oxygen atoms in total. The number of carbonyl (C=O) groups excluding carboxylic acids is 2. The molecule has 0 radical (unpaired) electrons. The molecule has 0 aliphatic rings. The van der Waals surface area contributed by atoms with Crippen molar-refractivity contribution >= 4 is 22.9 Å². The van der Waals surface area contributed by atoms with Crippen molar-refractivity contribution in [3.8, 4) is 0 Å². The van der Waals surface area contributed by atoms with Crippen molar-refractivity contribution in [1.82, 2.24) is 15.3 Å². The highest BCUT2D eigenvalue weighted by Crippen LogP contribution is 2.08. The van der Waals surface area contributed by atoms with Gasteiger partial charge in [0.1, 0.15) is 11.7 Å². The fraction of sp³-hybridized carbons (Fsp3) is 0.286. The van der Waals surface area contributed by atoms with Crippen LogP contribution in [0.3, 0.4) is 0 Å². The average molecular weight is 273 g/mol. The first-order valence-corrected chi connectivity index (χ1v) is 6.31. The first kappa shape index (κ1) is 13.9. The molecule has 6 heteroatoms. The summed E-state index contributed by atoms with van der Waals surface area (Å²) in [5.41, 5.74) is 1.51. The van der Waals surface area contributed by atoms with E-state index < -0.39 is 17.9 Å². The normalized spacial score (nSPS) is 11.9. The summed E-state index contributed by atoms with van der Waals surface area (Å²) in [6.07, 6.45) is 1.38. The maximum atomic E-state index is 12.0. The minimum absolute atomic E-state index is 0.167. The molecule has 2 rings (SSSR count). The number of amides is 1. The lowest BCUT2D eigenvalue weighted by molar-refractivity contribution is -0.144. The summed E-state index contributed by atoms with van der Waals surface area (Å²) in [4.78, 5) is 31.8. The topological polar surface area (TPSA) is 81.2 Å². The van der Waals surface area contributed by atoms with Crippen LogP contribution in [0.5, 0.6) is 0 Å². The van der Waals surface area contributed by atoms with Gasteiger partial charge in [-0.25, -0.2) is 9.78 Å². The molecule has 1 atom stereocenters. The quantitative estimate of drug-likeness (QED) is 0.849. The van der Waals surface area contributed by atoms with Crippen LogP contribution in [0.2, 0.25) is 0 Å². The Bertz CT molecular complexity index is 642. The Morgan fingerprint density at radius 1 is 1.30 bits per heavy atom. The van der Waals surface area contributed by atoms with E-state index in [0.29, 0.717) is 11.0 Å². The molecular formula is C14H15N3O3. The highest BCUT2D eigenvalue weighted by molar-refractivity contribution is 5.96. The first-order valence-electron chi connectivity index (χ1n) is 6.31. The number of carbonyl (C=O) groups is 2. The molecule has 0 aliphatic heterocycles. The average Bonchev–Trinajstić information content (AvgIpc) is 2.46. The van der Waals surface area contributed by atoms with E-state index in [1.807, 2.05) is 18.2 Å². The van der Waals surface area contributed by atoms with Gasteiger partial charge in [-0.05, 0) is 26.0 Å². The fourth-order valence-corrected chi connectivity index (χ4v) is 1.66. The predicted octanol–water partition coefficient (Wildman–Crippen LogP) is 1.31. The number of nitrogens with zero attached hydrogens (tertiary/aromatic N) is 2. The highest BCUT2D eigenvalue weighted by Gasteiger charge is 2.18. The van der Waals surface area contributed by atoms with Crippen molar-refractivity contribution in [2.75, 3.05) is 6.61 Å². The Morgan fingerprint density at radius 3 is 2.70 bits per heavy atom. The van der Waals surface area contributed by atoms with Crippen LogP contribution in [0.1, 0.15) is 24.3 Å². The summed E-state index contributed by atoms with van der Waals surface area (Å²) < 4.78 is 4.82. The van der Waals surface area contributed by atoms with Gasteiger partial charge in [0.15, 0.2) is 0 Å². The van der Waals surface area contributed by atoms with Crippen molar-refractivity contribution < 1.29 is 14.3 Å². The number of ether oxygens (including phenoxy) is 1. The van der Waals surface area contributed by atoms with E-state index in [1.165, 1.54) is 6.20 Å². The molecule has 1 heterocycles. The third kappa shape index (κ3) is 3.09. The molecule has 0 aliphatic carbocycles. The number of rotatable bonds is 4. The van der Waals surface area contributed by atoms with Gasteiger partial charge in [-0.3, -0.25) is 9.78 Å². The van der Waals surface area contributed by atoms with Gasteiger partial charge in [0.05, 0.1) is 23.8 Å². The summed E-state index contributed by atoms with van der Waals surface area (Å²) in [7, 11) is 0. The van der Waals surface area contributed by atoms with Gasteiger partial charge in [0, 0.05) is 0 Å². The van der Waals surface area contributed by atoms with Gasteiger partial charge < -0.3 is 10.1 Å². The zero-order valence-electron chi connectivity index (χ0n) is 11.3. The maximum absolute atomic E-state index is 12.0. The minimum Gasteiger partial charge on any atom is -0.464 e. The number of aromatic nitrogens is 2. The van der Waals surface area contributed by atoms with Crippen LogP contribution in [0.4, 0.5) is 0 Å². The van der Waals surface area contributed by atoms with Gasteiger partial charge >= 0.3 is 5.97 Å². The Balaban J connectivity index is 2.13. The largest absolute Gasteiger partial charge is 0.464 e. The number of hydrogen-bond acceptors (Lipinski definition) is 5. The lowest BCUT2D eigenvalue weighted by Crippen LogP contribution is -2.39. The number of esters is 1. The molecule has 20 heavy (non-hydrogen) atoms. The third-order valence-corrected chi connectivity index (χ3v) is 2.67. The predicted molar refractivity (Wildman–Crippen MR) is 73.1 cm³/mol. The van der Waals surface area contributed by atoms with E-state index in [9.17, 15) is 9.59 Å². The second kappa shape index (κ2) is 6.10.